The summed E-state index contributed by atoms with van der Waals surface area (Å²) in [6.07, 6.45) is 5.33. The number of morpholine rings is 1. The molecule has 37 heavy (non-hydrogen) atoms. The maximum atomic E-state index is 13.2. The van der Waals surface area contributed by atoms with Crippen LogP contribution in [-0.4, -0.2) is 65.6 Å². The Balaban J connectivity index is 1.53. The van der Waals surface area contributed by atoms with Crippen molar-refractivity contribution in [2.45, 2.75) is 38.8 Å². The lowest BCUT2D eigenvalue weighted by atomic mass is 10.0. The number of aromatic amines is 1. The van der Waals surface area contributed by atoms with Gasteiger partial charge in [-0.1, -0.05) is 24.6 Å². The van der Waals surface area contributed by atoms with Crippen molar-refractivity contribution in [1.82, 2.24) is 20.2 Å². The van der Waals surface area contributed by atoms with Crippen molar-refractivity contribution < 1.29 is 19.1 Å². The summed E-state index contributed by atoms with van der Waals surface area (Å²) in [5.74, 6) is 0.408. The van der Waals surface area contributed by atoms with Gasteiger partial charge < -0.3 is 30.0 Å². The minimum absolute atomic E-state index is 0.00842. The number of carbonyl (C=O) groups is 2. The molecular weight excluding hydrogens is 494 g/mol. The predicted molar refractivity (Wildman–Crippen MR) is 142 cm³/mol. The summed E-state index contributed by atoms with van der Waals surface area (Å²) in [5, 5.41) is 7.22. The molecule has 1 aromatic carbocycles. The topological polar surface area (TPSA) is 109 Å². The number of carbonyl (C=O) groups excluding carboxylic acids is 2. The Morgan fingerprint density at radius 1 is 1.35 bits per heavy atom. The van der Waals surface area contributed by atoms with Crippen molar-refractivity contribution in [1.29, 1.82) is 0 Å². The average molecular weight is 524 g/mol. The van der Waals surface area contributed by atoms with Crippen molar-refractivity contribution in [2.24, 2.45) is 0 Å². The third-order valence-electron chi connectivity index (χ3n) is 6.72. The Labute approximate surface area is 220 Å². The average Bonchev–Trinajstić information content (AvgIpc) is 3.26. The minimum Gasteiger partial charge on any atom is -0.488 e. The van der Waals surface area contributed by atoms with E-state index in [1.165, 1.54) is 0 Å². The van der Waals surface area contributed by atoms with Gasteiger partial charge in [0.2, 0.25) is 6.41 Å². The van der Waals surface area contributed by atoms with Crippen LogP contribution in [0.4, 0.5) is 11.4 Å². The highest BCUT2D eigenvalue weighted by molar-refractivity contribution is 6.31. The van der Waals surface area contributed by atoms with Crippen LogP contribution in [0.2, 0.25) is 5.02 Å². The standard InChI is InChI=1S/C27H30ClN5O4/c1-3-18-20(28)5-4-6-21(18)31-26-24-22(11-16(2)30-27(24)35)32-25(26)19-7-8-29-12-23(19)37-14-17-13-33(15-34)9-10-36-17/h4-8,12,15-17,31-32H,3,9-11,13-14H2,1-2H3,(H,30,35). The highest BCUT2D eigenvalue weighted by atomic mass is 35.5. The fourth-order valence-corrected chi connectivity index (χ4v) is 5.24. The van der Waals surface area contributed by atoms with E-state index in [9.17, 15) is 9.59 Å². The van der Waals surface area contributed by atoms with Crippen LogP contribution in [0, 0.1) is 0 Å². The van der Waals surface area contributed by atoms with Gasteiger partial charge in [-0.3, -0.25) is 14.6 Å². The van der Waals surface area contributed by atoms with Crippen molar-refractivity contribution in [3.63, 3.8) is 0 Å². The number of hydrogen-bond acceptors (Lipinski definition) is 6. The van der Waals surface area contributed by atoms with Crippen molar-refractivity contribution in [2.75, 3.05) is 31.6 Å². The van der Waals surface area contributed by atoms with Gasteiger partial charge in [0.1, 0.15) is 18.5 Å². The lowest BCUT2D eigenvalue weighted by molar-refractivity contribution is -0.126. The smallest absolute Gasteiger partial charge is 0.255 e. The van der Waals surface area contributed by atoms with Gasteiger partial charge in [0.25, 0.3) is 5.91 Å². The first-order chi connectivity index (χ1) is 18.0. The van der Waals surface area contributed by atoms with Gasteiger partial charge in [-0.25, -0.2) is 0 Å². The molecule has 1 saturated heterocycles. The quantitative estimate of drug-likeness (QED) is 0.386. The Morgan fingerprint density at radius 3 is 3.03 bits per heavy atom. The van der Waals surface area contributed by atoms with Crippen molar-refractivity contribution in [3.8, 4) is 17.0 Å². The number of nitrogens with zero attached hydrogens (tertiary/aromatic N) is 2. The van der Waals surface area contributed by atoms with Crippen molar-refractivity contribution in [3.05, 3.63) is 58.5 Å². The summed E-state index contributed by atoms with van der Waals surface area (Å²) in [5.41, 5.74) is 5.39. The minimum atomic E-state index is -0.244. The van der Waals surface area contributed by atoms with Gasteiger partial charge >= 0.3 is 0 Å². The molecule has 2 unspecified atom stereocenters. The zero-order valence-electron chi connectivity index (χ0n) is 20.8. The number of hydrogen-bond donors (Lipinski definition) is 3. The number of benzene rings is 1. The second-order valence-electron chi connectivity index (χ2n) is 9.33. The van der Waals surface area contributed by atoms with E-state index in [0.717, 1.165) is 41.0 Å². The third kappa shape index (κ3) is 5.14. The number of aromatic nitrogens is 2. The molecule has 0 saturated carbocycles. The number of halogens is 1. The molecule has 2 atom stereocenters. The first-order valence-electron chi connectivity index (χ1n) is 12.5. The molecule has 4 heterocycles. The largest absolute Gasteiger partial charge is 0.488 e. The van der Waals surface area contributed by atoms with Crippen LogP contribution in [0.3, 0.4) is 0 Å². The van der Waals surface area contributed by atoms with Gasteiger partial charge in [0.05, 0.1) is 36.3 Å². The van der Waals surface area contributed by atoms with Crippen LogP contribution < -0.4 is 15.4 Å². The van der Waals surface area contributed by atoms with Gasteiger partial charge in [-0.2, -0.15) is 0 Å². The van der Waals surface area contributed by atoms with Crippen LogP contribution in [0.1, 0.15) is 35.5 Å². The molecule has 2 aliphatic heterocycles. The Hall–Kier alpha value is -3.56. The van der Waals surface area contributed by atoms with Crippen LogP contribution in [-0.2, 0) is 22.4 Å². The fourth-order valence-electron chi connectivity index (χ4n) is 4.93. The molecule has 9 nitrogen and oxygen atoms in total. The number of nitrogens with one attached hydrogen (secondary N) is 3. The van der Waals surface area contributed by atoms with Gasteiger partial charge in [-0.15, -0.1) is 0 Å². The van der Waals surface area contributed by atoms with E-state index in [2.05, 4.69) is 20.6 Å². The number of amides is 2. The van der Waals surface area contributed by atoms with Crippen molar-refractivity contribution >= 4 is 35.3 Å². The van der Waals surface area contributed by atoms with E-state index in [1.807, 2.05) is 38.1 Å². The highest BCUT2D eigenvalue weighted by Crippen LogP contribution is 2.41. The molecular formula is C27H30ClN5O4. The number of pyridine rings is 1. The number of ether oxygens (including phenoxy) is 2. The SMILES string of the molecule is CCc1c(Cl)cccc1Nc1c(-c2ccncc2OCC2CN(C=O)CCO2)[nH]c2c1C(=O)NC(C)C2. The predicted octanol–water partition coefficient (Wildman–Crippen LogP) is 3.95. The summed E-state index contributed by atoms with van der Waals surface area (Å²) in [7, 11) is 0. The monoisotopic (exact) mass is 523 g/mol. The molecule has 0 aliphatic carbocycles. The van der Waals surface area contributed by atoms with E-state index in [-0.39, 0.29) is 24.7 Å². The zero-order valence-corrected chi connectivity index (χ0v) is 21.6. The lowest BCUT2D eigenvalue weighted by Gasteiger charge is -2.30. The third-order valence-corrected chi connectivity index (χ3v) is 7.08. The number of H-pyrrole nitrogens is 1. The molecule has 0 bridgehead atoms. The first kappa shape index (κ1) is 25.1. The van der Waals surface area contributed by atoms with Crippen LogP contribution in [0.5, 0.6) is 5.75 Å². The van der Waals surface area contributed by atoms with Gasteiger partial charge in [0, 0.05) is 47.2 Å². The summed E-state index contributed by atoms with van der Waals surface area (Å²) in [6.45, 7) is 5.80. The molecule has 2 aromatic heterocycles. The van der Waals surface area contributed by atoms with E-state index in [1.54, 1.807) is 17.3 Å². The van der Waals surface area contributed by atoms with E-state index < -0.39 is 0 Å². The normalized spacial score (nSPS) is 19.2. The second-order valence-corrected chi connectivity index (χ2v) is 9.73. The molecule has 5 rings (SSSR count). The summed E-state index contributed by atoms with van der Waals surface area (Å²) < 4.78 is 12.0. The molecule has 3 aromatic rings. The maximum absolute atomic E-state index is 13.2. The Bertz CT molecular complexity index is 1310. The fraction of sp³-hybridized carbons (Fsp3) is 0.370. The first-order valence-corrected chi connectivity index (χ1v) is 12.8. The highest BCUT2D eigenvalue weighted by Gasteiger charge is 2.31. The van der Waals surface area contributed by atoms with E-state index in [0.29, 0.717) is 48.1 Å². The summed E-state index contributed by atoms with van der Waals surface area (Å²) >= 11 is 6.49. The maximum Gasteiger partial charge on any atom is 0.255 e. The number of anilines is 2. The second kappa shape index (κ2) is 10.8. The van der Waals surface area contributed by atoms with Crippen LogP contribution >= 0.6 is 11.6 Å². The summed E-state index contributed by atoms with van der Waals surface area (Å²) in [4.78, 5) is 33.8. The molecule has 3 N–H and O–H groups in total. The zero-order chi connectivity index (χ0) is 25.9. The molecule has 194 valence electrons. The van der Waals surface area contributed by atoms with Gasteiger partial charge in [-0.05, 0) is 37.1 Å². The Kier molecular flexibility index (Phi) is 7.34. The van der Waals surface area contributed by atoms with E-state index >= 15 is 0 Å². The Morgan fingerprint density at radius 2 is 2.22 bits per heavy atom. The molecule has 0 spiro atoms. The van der Waals surface area contributed by atoms with Crippen LogP contribution in [0.25, 0.3) is 11.3 Å². The molecule has 2 aliphatic rings. The molecule has 2 amide bonds. The summed E-state index contributed by atoms with van der Waals surface area (Å²) in [6, 6.07) is 7.58. The van der Waals surface area contributed by atoms with Gasteiger partial charge in [0.15, 0.2) is 0 Å². The number of fused-ring (bicyclic) bond motifs is 1. The molecule has 1 fully saturated rings. The lowest BCUT2D eigenvalue weighted by Crippen LogP contribution is -2.44. The van der Waals surface area contributed by atoms with E-state index in [4.69, 9.17) is 21.1 Å². The molecule has 10 heteroatoms. The van der Waals surface area contributed by atoms with Crippen LogP contribution in [0.15, 0.2) is 36.7 Å². The number of rotatable bonds is 8. The molecule has 0 radical (unpaired) electrons.